The van der Waals surface area contributed by atoms with Gasteiger partial charge in [0, 0.05) is 28.8 Å². The van der Waals surface area contributed by atoms with Crippen LogP contribution in [0.1, 0.15) is 0 Å². The largest absolute Gasteiger partial charge is 0.383 e. The van der Waals surface area contributed by atoms with Crippen molar-refractivity contribution in [3.05, 3.63) is 27.7 Å². The van der Waals surface area contributed by atoms with E-state index in [1.54, 1.807) is 7.11 Å². The van der Waals surface area contributed by atoms with Crippen LogP contribution in [0.5, 0.6) is 0 Å². The third-order valence-corrected chi connectivity index (χ3v) is 2.44. The zero-order valence-electron chi connectivity index (χ0n) is 7.31. The summed E-state index contributed by atoms with van der Waals surface area (Å²) >= 11 is 9.21. The van der Waals surface area contributed by atoms with Gasteiger partial charge in [-0.1, -0.05) is 11.6 Å². The van der Waals surface area contributed by atoms with Gasteiger partial charge in [-0.05, 0) is 34.1 Å². The average Bonchev–Trinajstić information content (AvgIpc) is 2.09. The summed E-state index contributed by atoms with van der Waals surface area (Å²) in [5.41, 5.74) is 1.03. The highest BCUT2D eigenvalue weighted by Crippen LogP contribution is 2.25. The van der Waals surface area contributed by atoms with E-state index >= 15 is 0 Å². The highest BCUT2D eigenvalue weighted by Gasteiger charge is 1.98. The number of rotatable bonds is 4. The van der Waals surface area contributed by atoms with Crippen LogP contribution in [0.2, 0.25) is 5.02 Å². The SMILES string of the molecule is COCCNc1ccc(Cl)cc1Br. The van der Waals surface area contributed by atoms with Crippen molar-refractivity contribution < 1.29 is 4.74 Å². The Kier molecular flexibility index (Phi) is 4.56. The maximum absolute atomic E-state index is 5.80. The van der Waals surface area contributed by atoms with Crippen molar-refractivity contribution in [1.82, 2.24) is 0 Å². The predicted octanol–water partition coefficient (Wildman–Crippen LogP) is 3.16. The first-order valence-corrected chi connectivity index (χ1v) is 5.09. The quantitative estimate of drug-likeness (QED) is 0.844. The summed E-state index contributed by atoms with van der Waals surface area (Å²) in [6, 6.07) is 5.64. The van der Waals surface area contributed by atoms with Gasteiger partial charge in [-0.15, -0.1) is 0 Å². The predicted molar refractivity (Wildman–Crippen MR) is 59.5 cm³/mol. The second-order valence-corrected chi connectivity index (χ2v) is 3.83. The molecule has 1 aromatic carbocycles. The minimum absolute atomic E-state index is 0.690. The standard InChI is InChI=1S/C9H11BrClNO/c1-13-5-4-12-9-3-2-7(11)6-8(9)10/h2-3,6,12H,4-5H2,1H3. The van der Waals surface area contributed by atoms with Crippen LogP contribution in [-0.2, 0) is 4.74 Å². The van der Waals surface area contributed by atoms with Crippen LogP contribution >= 0.6 is 27.5 Å². The van der Waals surface area contributed by atoms with Gasteiger partial charge >= 0.3 is 0 Å². The third kappa shape index (κ3) is 3.55. The molecule has 0 aliphatic carbocycles. The van der Waals surface area contributed by atoms with Gasteiger partial charge in [0.05, 0.1) is 6.61 Å². The minimum atomic E-state index is 0.690. The molecule has 0 unspecified atom stereocenters. The number of benzene rings is 1. The summed E-state index contributed by atoms with van der Waals surface area (Å²) in [5, 5.41) is 3.94. The molecule has 0 aromatic heterocycles. The van der Waals surface area contributed by atoms with E-state index in [1.165, 1.54) is 0 Å². The first kappa shape index (κ1) is 10.8. The molecule has 1 N–H and O–H groups in total. The average molecular weight is 265 g/mol. The van der Waals surface area contributed by atoms with E-state index < -0.39 is 0 Å². The second-order valence-electron chi connectivity index (χ2n) is 2.54. The molecule has 0 atom stereocenters. The van der Waals surface area contributed by atoms with Gasteiger partial charge in [-0.2, -0.15) is 0 Å². The van der Waals surface area contributed by atoms with Crippen molar-refractivity contribution in [1.29, 1.82) is 0 Å². The monoisotopic (exact) mass is 263 g/mol. The molecular weight excluding hydrogens is 253 g/mol. The van der Waals surface area contributed by atoms with Crippen LogP contribution in [0.25, 0.3) is 0 Å². The number of methoxy groups -OCH3 is 1. The van der Waals surface area contributed by atoms with Crippen molar-refractivity contribution in [2.24, 2.45) is 0 Å². The molecule has 0 saturated carbocycles. The van der Waals surface area contributed by atoms with Crippen molar-refractivity contribution in [2.75, 3.05) is 25.6 Å². The van der Waals surface area contributed by atoms with E-state index in [-0.39, 0.29) is 0 Å². The maximum atomic E-state index is 5.80. The molecule has 0 fully saturated rings. The lowest BCUT2D eigenvalue weighted by Gasteiger charge is -2.07. The van der Waals surface area contributed by atoms with Crippen LogP contribution in [0.15, 0.2) is 22.7 Å². The Morgan fingerprint density at radius 3 is 2.92 bits per heavy atom. The highest BCUT2D eigenvalue weighted by molar-refractivity contribution is 9.10. The van der Waals surface area contributed by atoms with Crippen molar-refractivity contribution >= 4 is 33.2 Å². The molecule has 0 radical (unpaired) electrons. The normalized spacial score (nSPS) is 10.1. The van der Waals surface area contributed by atoms with E-state index in [4.69, 9.17) is 16.3 Å². The van der Waals surface area contributed by atoms with E-state index in [2.05, 4.69) is 21.2 Å². The van der Waals surface area contributed by atoms with E-state index in [0.717, 1.165) is 21.7 Å². The zero-order chi connectivity index (χ0) is 9.68. The Balaban J connectivity index is 2.56. The molecule has 72 valence electrons. The lowest BCUT2D eigenvalue weighted by atomic mass is 10.3. The van der Waals surface area contributed by atoms with Gasteiger partial charge in [0.25, 0.3) is 0 Å². The second kappa shape index (κ2) is 5.47. The molecule has 0 saturated heterocycles. The number of hydrogen-bond acceptors (Lipinski definition) is 2. The van der Waals surface area contributed by atoms with Gasteiger partial charge in [-0.3, -0.25) is 0 Å². The molecule has 1 aromatic rings. The Morgan fingerprint density at radius 2 is 2.31 bits per heavy atom. The molecule has 0 aliphatic heterocycles. The molecule has 0 spiro atoms. The minimum Gasteiger partial charge on any atom is -0.383 e. The number of nitrogens with one attached hydrogen (secondary N) is 1. The van der Waals surface area contributed by atoms with Crippen LogP contribution in [0, 0.1) is 0 Å². The molecule has 1 rings (SSSR count). The Morgan fingerprint density at radius 1 is 1.54 bits per heavy atom. The van der Waals surface area contributed by atoms with Crippen molar-refractivity contribution in [2.45, 2.75) is 0 Å². The summed E-state index contributed by atoms with van der Waals surface area (Å²) in [6.07, 6.45) is 0. The topological polar surface area (TPSA) is 21.3 Å². The van der Waals surface area contributed by atoms with Gasteiger partial charge in [-0.25, -0.2) is 0 Å². The van der Waals surface area contributed by atoms with Gasteiger partial charge in [0.15, 0.2) is 0 Å². The molecule has 0 bridgehead atoms. The summed E-state index contributed by atoms with van der Waals surface area (Å²) in [4.78, 5) is 0. The number of anilines is 1. The van der Waals surface area contributed by atoms with Crippen molar-refractivity contribution in [3.63, 3.8) is 0 Å². The molecule has 13 heavy (non-hydrogen) atoms. The highest BCUT2D eigenvalue weighted by atomic mass is 79.9. The fourth-order valence-corrected chi connectivity index (χ4v) is 1.74. The Labute approximate surface area is 91.4 Å². The van der Waals surface area contributed by atoms with E-state index in [1.807, 2.05) is 18.2 Å². The molecule has 4 heteroatoms. The molecule has 2 nitrogen and oxygen atoms in total. The van der Waals surface area contributed by atoms with E-state index in [0.29, 0.717) is 6.61 Å². The molecular formula is C9H11BrClNO. The fourth-order valence-electron chi connectivity index (χ4n) is 0.921. The summed E-state index contributed by atoms with van der Waals surface area (Å²) in [6.45, 7) is 1.48. The Bertz CT molecular complexity index is 280. The lowest BCUT2D eigenvalue weighted by molar-refractivity contribution is 0.211. The number of ether oxygens (including phenoxy) is 1. The van der Waals surface area contributed by atoms with Gasteiger partial charge < -0.3 is 10.1 Å². The van der Waals surface area contributed by atoms with Crippen LogP contribution in [0.4, 0.5) is 5.69 Å². The number of hydrogen-bond donors (Lipinski definition) is 1. The fraction of sp³-hybridized carbons (Fsp3) is 0.333. The zero-order valence-corrected chi connectivity index (χ0v) is 9.65. The van der Waals surface area contributed by atoms with Crippen LogP contribution < -0.4 is 5.32 Å². The summed E-state index contributed by atoms with van der Waals surface area (Å²) in [7, 11) is 1.68. The maximum Gasteiger partial charge on any atom is 0.0635 e. The molecule has 0 amide bonds. The first-order chi connectivity index (χ1) is 6.24. The first-order valence-electron chi connectivity index (χ1n) is 3.92. The lowest BCUT2D eigenvalue weighted by Crippen LogP contribution is -2.07. The van der Waals surface area contributed by atoms with Crippen molar-refractivity contribution in [3.8, 4) is 0 Å². The van der Waals surface area contributed by atoms with E-state index in [9.17, 15) is 0 Å². The summed E-state index contributed by atoms with van der Waals surface area (Å²) in [5.74, 6) is 0. The molecule has 0 aliphatic rings. The smallest absolute Gasteiger partial charge is 0.0635 e. The number of halogens is 2. The van der Waals surface area contributed by atoms with Gasteiger partial charge in [0.1, 0.15) is 0 Å². The van der Waals surface area contributed by atoms with Crippen LogP contribution in [0.3, 0.4) is 0 Å². The van der Waals surface area contributed by atoms with Gasteiger partial charge in [0.2, 0.25) is 0 Å². The molecule has 0 heterocycles. The third-order valence-electron chi connectivity index (χ3n) is 1.55. The Hall–Kier alpha value is -0.250. The van der Waals surface area contributed by atoms with Crippen LogP contribution in [-0.4, -0.2) is 20.3 Å². The summed E-state index contributed by atoms with van der Waals surface area (Å²) < 4.78 is 5.89.